The van der Waals surface area contributed by atoms with Crippen LogP contribution in [0.1, 0.15) is 30.9 Å². The maximum absolute atomic E-state index is 12.1. The van der Waals surface area contributed by atoms with Crippen LogP contribution in [-0.4, -0.2) is 18.6 Å². The molecule has 0 aromatic heterocycles. The summed E-state index contributed by atoms with van der Waals surface area (Å²) in [5, 5.41) is 2.95. The number of amides is 1. The molecule has 2 aromatic carbocycles. The Bertz CT molecular complexity index is 593. The molecule has 0 saturated heterocycles. The van der Waals surface area contributed by atoms with Crippen molar-refractivity contribution in [3.63, 3.8) is 0 Å². The highest BCUT2D eigenvalue weighted by Gasteiger charge is 2.15. The van der Waals surface area contributed by atoms with E-state index in [0.717, 1.165) is 0 Å². The number of hydrogen-bond acceptors (Lipinski definition) is 2. The largest absolute Gasteiger partial charge is 0.481 e. The number of carbonyl (C=O) groups excluding carboxylic acids is 1. The summed E-state index contributed by atoms with van der Waals surface area (Å²) in [6, 6.07) is 17.9. The molecule has 116 valence electrons. The zero-order valence-electron chi connectivity index (χ0n) is 13.4. The SMILES string of the molecule is Cc1ccc(O[C@H](C)C(=O)NC[C@@H](C)c2ccccc2)cc1. The standard InChI is InChI=1S/C19H23NO2/c1-14-9-11-18(12-10-14)22-16(3)19(21)20-13-15(2)17-7-5-4-6-8-17/h4-12,15-16H,13H2,1-3H3,(H,20,21)/t15-,16-/m1/s1. The number of carbonyl (C=O) groups is 1. The lowest BCUT2D eigenvalue weighted by Crippen LogP contribution is -2.38. The van der Waals surface area contributed by atoms with Gasteiger partial charge in [-0.25, -0.2) is 0 Å². The van der Waals surface area contributed by atoms with Gasteiger partial charge in [0.2, 0.25) is 0 Å². The third kappa shape index (κ3) is 4.62. The summed E-state index contributed by atoms with van der Waals surface area (Å²) in [5.74, 6) is 0.893. The molecule has 2 atom stereocenters. The molecule has 0 aliphatic heterocycles. The van der Waals surface area contributed by atoms with E-state index in [1.807, 2.05) is 49.4 Å². The van der Waals surface area contributed by atoms with Gasteiger partial charge in [0.1, 0.15) is 5.75 Å². The quantitative estimate of drug-likeness (QED) is 0.883. The first-order chi connectivity index (χ1) is 10.6. The minimum atomic E-state index is -0.509. The lowest BCUT2D eigenvalue weighted by molar-refractivity contribution is -0.127. The fourth-order valence-electron chi connectivity index (χ4n) is 2.17. The van der Waals surface area contributed by atoms with Crippen LogP contribution in [0.5, 0.6) is 5.75 Å². The predicted molar refractivity (Wildman–Crippen MR) is 89.1 cm³/mol. The highest BCUT2D eigenvalue weighted by molar-refractivity contribution is 5.80. The second-order valence-corrected chi connectivity index (χ2v) is 5.63. The molecule has 3 nitrogen and oxygen atoms in total. The van der Waals surface area contributed by atoms with Crippen molar-refractivity contribution in [2.45, 2.75) is 32.8 Å². The van der Waals surface area contributed by atoms with E-state index in [1.54, 1.807) is 6.92 Å². The molecule has 3 heteroatoms. The maximum Gasteiger partial charge on any atom is 0.260 e. The molecule has 0 aliphatic carbocycles. The van der Waals surface area contributed by atoms with Crippen molar-refractivity contribution in [3.8, 4) is 5.75 Å². The van der Waals surface area contributed by atoms with E-state index in [4.69, 9.17) is 4.74 Å². The van der Waals surface area contributed by atoms with Crippen LogP contribution in [0.25, 0.3) is 0 Å². The van der Waals surface area contributed by atoms with Crippen LogP contribution in [-0.2, 0) is 4.79 Å². The van der Waals surface area contributed by atoms with Crippen molar-refractivity contribution in [3.05, 3.63) is 65.7 Å². The van der Waals surface area contributed by atoms with Crippen LogP contribution >= 0.6 is 0 Å². The summed E-state index contributed by atoms with van der Waals surface area (Å²) in [6.45, 7) is 6.48. The van der Waals surface area contributed by atoms with Crippen LogP contribution in [0.2, 0.25) is 0 Å². The van der Waals surface area contributed by atoms with Crippen LogP contribution in [0.3, 0.4) is 0 Å². The van der Waals surface area contributed by atoms with Crippen molar-refractivity contribution in [1.29, 1.82) is 0 Å². The summed E-state index contributed by atoms with van der Waals surface area (Å²) < 4.78 is 5.66. The second-order valence-electron chi connectivity index (χ2n) is 5.63. The van der Waals surface area contributed by atoms with Crippen LogP contribution in [0, 0.1) is 6.92 Å². The first-order valence-corrected chi connectivity index (χ1v) is 7.62. The molecule has 0 spiro atoms. The van der Waals surface area contributed by atoms with E-state index in [9.17, 15) is 4.79 Å². The lowest BCUT2D eigenvalue weighted by Gasteiger charge is -2.17. The third-order valence-corrected chi connectivity index (χ3v) is 3.65. The Balaban J connectivity index is 1.82. The van der Waals surface area contributed by atoms with E-state index in [0.29, 0.717) is 12.3 Å². The molecule has 0 saturated carbocycles. The van der Waals surface area contributed by atoms with Gasteiger partial charge in [-0.05, 0) is 37.5 Å². The van der Waals surface area contributed by atoms with Gasteiger partial charge in [0, 0.05) is 6.54 Å². The Morgan fingerprint density at radius 1 is 1.05 bits per heavy atom. The summed E-state index contributed by atoms with van der Waals surface area (Å²) >= 11 is 0. The van der Waals surface area contributed by atoms with Gasteiger partial charge >= 0.3 is 0 Å². The lowest BCUT2D eigenvalue weighted by atomic mass is 10.0. The van der Waals surface area contributed by atoms with Gasteiger partial charge in [0.25, 0.3) is 5.91 Å². The number of aryl methyl sites for hydroxylation is 1. The number of nitrogens with one attached hydrogen (secondary N) is 1. The van der Waals surface area contributed by atoms with Gasteiger partial charge in [-0.2, -0.15) is 0 Å². The van der Waals surface area contributed by atoms with E-state index in [-0.39, 0.29) is 11.8 Å². The summed E-state index contributed by atoms with van der Waals surface area (Å²) in [7, 11) is 0. The molecule has 22 heavy (non-hydrogen) atoms. The molecule has 1 N–H and O–H groups in total. The Kier molecular flexibility index (Phi) is 5.59. The average Bonchev–Trinajstić information content (AvgIpc) is 2.55. The van der Waals surface area contributed by atoms with Gasteiger partial charge in [0.05, 0.1) is 0 Å². The number of rotatable bonds is 6. The third-order valence-electron chi connectivity index (χ3n) is 3.65. The number of ether oxygens (including phenoxy) is 1. The Morgan fingerprint density at radius 3 is 2.32 bits per heavy atom. The summed E-state index contributed by atoms with van der Waals surface area (Å²) in [4.78, 5) is 12.1. The Hall–Kier alpha value is -2.29. The normalized spacial score (nSPS) is 13.2. The van der Waals surface area contributed by atoms with Gasteiger partial charge in [0.15, 0.2) is 6.10 Å². The van der Waals surface area contributed by atoms with Crippen molar-refractivity contribution in [2.24, 2.45) is 0 Å². The molecular formula is C19H23NO2. The van der Waals surface area contributed by atoms with Gasteiger partial charge < -0.3 is 10.1 Å². The van der Waals surface area contributed by atoms with Crippen molar-refractivity contribution >= 4 is 5.91 Å². The Labute approximate surface area is 132 Å². The van der Waals surface area contributed by atoms with E-state index < -0.39 is 6.10 Å². The first kappa shape index (κ1) is 16.1. The second kappa shape index (κ2) is 7.64. The van der Waals surface area contributed by atoms with Crippen LogP contribution in [0.4, 0.5) is 0 Å². The zero-order chi connectivity index (χ0) is 15.9. The molecule has 0 heterocycles. The Morgan fingerprint density at radius 2 is 1.68 bits per heavy atom. The van der Waals surface area contributed by atoms with Crippen LogP contribution in [0.15, 0.2) is 54.6 Å². The molecule has 0 fully saturated rings. The molecule has 0 aliphatic rings. The van der Waals surface area contributed by atoms with Crippen molar-refractivity contribution in [2.75, 3.05) is 6.54 Å². The zero-order valence-corrected chi connectivity index (χ0v) is 13.4. The first-order valence-electron chi connectivity index (χ1n) is 7.62. The van der Waals surface area contributed by atoms with Crippen molar-refractivity contribution in [1.82, 2.24) is 5.32 Å². The molecule has 2 rings (SSSR count). The van der Waals surface area contributed by atoms with Crippen molar-refractivity contribution < 1.29 is 9.53 Å². The van der Waals surface area contributed by atoms with Gasteiger partial charge in [-0.15, -0.1) is 0 Å². The summed E-state index contributed by atoms with van der Waals surface area (Å²) in [5.41, 5.74) is 2.39. The minimum Gasteiger partial charge on any atom is -0.481 e. The van der Waals surface area contributed by atoms with Crippen LogP contribution < -0.4 is 10.1 Å². The highest BCUT2D eigenvalue weighted by atomic mass is 16.5. The average molecular weight is 297 g/mol. The maximum atomic E-state index is 12.1. The van der Waals surface area contributed by atoms with E-state index in [2.05, 4.69) is 24.4 Å². The number of hydrogen-bond donors (Lipinski definition) is 1. The number of benzene rings is 2. The van der Waals surface area contributed by atoms with Gasteiger partial charge in [-0.1, -0.05) is 55.0 Å². The van der Waals surface area contributed by atoms with Gasteiger partial charge in [-0.3, -0.25) is 4.79 Å². The monoisotopic (exact) mass is 297 g/mol. The van der Waals surface area contributed by atoms with E-state index >= 15 is 0 Å². The smallest absolute Gasteiger partial charge is 0.260 e. The fourth-order valence-corrected chi connectivity index (χ4v) is 2.17. The van der Waals surface area contributed by atoms with E-state index in [1.165, 1.54) is 11.1 Å². The molecule has 0 radical (unpaired) electrons. The molecule has 1 amide bonds. The molecular weight excluding hydrogens is 274 g/mol. The molecule has 0 unspecified atom stereocenters. The topological polar surface area (TPSA) is 38.3 Å². The highest BCUT2D eigenvalue weighted by Crippen LogP contribution is 2.15. The molecule has 2 aromatic rings. The minimum absolute atomic E-state index is 0.0941. The predicted octanol–water partition coefficient (Wildman–Crippen LogP) is 3.68. The fraction of sp³-hybridized carbons (Fsp3) is 0.316. The summed E-state index contributed by atoms with van der Waals surface area (Å²) in [6.07, 6.45) is -0.509. The molecule has 0 bridgehead atoms.